The van der Waals surface area contributed by atoms with Crippen molar-refractivity contribution in [3.05, 3.63) is 102 Å². The van der Waals surface area contributed by atoms with Crippen LogP contribution >= 0.6 is 0 Å². The van der Waals surface area contributed by atoms with Crippen LogP contribution in [0.3, 0.4) is 0 Å². The van der Waals surface area contributed by atoms with Crippen molar-refractivity contribution >= 4 is 5.57 Å². The van der Waals surface area contributed by atoms with E-state index in [2.05, 4.69) is 81.6 Å². The van der Waals surface area contributed by atoms with E-state index >= 15 is 0 Å². The van der Waals surface area contributed by atoms with Crippen molar-refractivity contribution in [3.8, 4) is 0 Å². The molecule has 2 aromatic carbocycles. The van der Waals surface area contributed by atoms with Crippen LogP contribution in [0.2, 0.25) is 0 Å². The Balaban J connectivity index is 0.00000116. The van der Waals surface area contributed by atoms with Gasteiger partial charge in [0.1, 0.15) is 0 Å². The highest BCUT2D eigenvalue weighted by Gasteiger charge is 1.99. The van der Waals surface area contributed by atoms with Gasteiger partial charge in [-0.25, -0.2) is 0 Å². The van der Waals surface area contributed by atoms with Crippen molar-refractivity contribution in [3.63, 3.8) is 0 Å². The van der Waals surface area contributed by atoms with Crippen LogP contribution in [-0.4, -0.2) is 0 Å². The maximum atomic E-state index is 5.57. The van der Waals surface area contributed by atoms with Crippen molar-refractivity contribution in [1.82, 2.24) is 0 Å². The van der Waals surface area contributed by atoms with Gasteiger partial charge in [-0.1, -0.05) is 60.2 Å². The summed E-state index contributed by atoms with van der Waals surface area (Å²) < 4.78 is 0. The second-order valence-electron chi connectivity index (χ2n) is 5.02. The summed E-state index contributed by atoms with van der Waals surface area (Å²) in [4.78, 5) is 0. The van der Waals surface area contributed by atoms with E-state index in [-0.39, 0.29) is 0 Å². The van der Waals surface area contributed by atoms with Crippen molar-refractivity contribution < 1.29 is 0 Å². The molecule has 0 aliphatic rings. The number of aryl methyl sites for hydroxylation is 2. The Bertz CT molecular complexity index is 633. The molecule has 22 heavy (non-hydrogen) atoms. The van der Waals surface area contributed by atoms with Gasteiger partial charge in [0.15, 0.2) is 0 Å². The number of benzene rings is 2. The zero-order valence-corrected chi connectivity index (χ0v) is 13.5. The molecule has 0 unspecified atom stereocenters. The molecule has 0 amide bonds. The first kappa shape index (κ1) is 17.5. The molecule has 2 N–H and O–H groups in total. The van der Waals surface area contributed by atoms with Crippen LogP contribution in [0.1, 0.15) is 22.3 Å². The van der Waals surface area contributed by atoms with Gasteiger partial charge in [-0.3, -0.25) is 0 Å². The largest absolute Gasteiger partial charge is 0.405 e. The zero-order chi connectivity index (χ0) is 16.4. The van der Waals surface area contributed by atoms with Crippen molar-refractivity contribution in [2.45, 2.75) is 20.3 Å². The van der Waals surface area contributed by atoms with Gasteiger partial charge >= 0.3 is 0 Å². The highest BCUT2D eigenvalue weighted by atomic mass is 14.5. The molecule has 0 aliphatic carbocycles. The van der Waals surface area contributed by atoms with Crippen LogP contribution in [0.15, 0.2) is 80.0 Å². The van der Waals surface area contributed by atoms with Crippen molar-refractivity contribution in [2.75, 3.05) is 0 Å². The summed E-state index contributed by atoms with van der Waals surface area (Å²) in [6.45, 7) is 10.2. The first-order valence-corrected chi connectivity index (χ1v) is 7.40. The first-order valence-electron chi connectivity index (χ1n) is 7.40. The lowest BCUT2D eigenvalue weighted by atomic mass is 10.00. The van der Waals surface area contributed by atoms with Gasteiger partial charge in [-0.2, -0.15) is 0 Å². The molecule has 0 heterocycles. The summed E-state index contributed by atoms with van der Waals surface area (Å²) in [7, 11) is 0. The SMILES string of the molecule is C=C.Cc1ccc(C(/C=C\N)=C/Cc2ccccc2C)cc1. The van der Waals surface area contributed by atoms with E-state index in [1.807, 2.05) is 6.08 Å². The molecular formula is C21H25N. The molecule has 0 bridgehead atoms. The number of hydrogen-bond acceptors (Lipinski definition) is 1. The van der Waals surface area contributed by atoms with Crippen LogP contribution in [0.5, 0.6) is 0 Å². The fourth-order valence-corrected chi connectivity index (χ4v) is 2.19. The molecule has 2 rings (SSSR count). The quantitative estimate of drug-likeness (QED) is 0.608. The van der Waals surface area contributed by atoms with Gasteiger partial charge in [-0.15, -0.1) is 13.2 Å². The summed E-state index contributed by atoms with van der Waals surface area (Å²) in [5, 5.41) is 0. The fraction of sp³-hybridized carbons (Fsp3) is 0.143. The summed E-state index contributed by atoms with van der Waals surface area (Å²) in [6, 6.07) is 17.0. The lowest BCUT2D eigenvalue weighted by molar-refractivity contribution is 1.21. The van der Waals surface area contributed by atoms with Gasteiger partial charge in [0, 0.05) is 0 Å². The van der Waals surface area contributed by atoms with Crippen molar-refractivity contribution in [2.24, 2.45) is 5.73 Å². The Hall–Kier alpha value is -2.54. The highest BCUT2D eigenvalue weighted by Crippen LogP contribution is 2.18. The van der Waals surface area contributed by atoms with E-state index in [0.29, 0.717) is 0 Å². The molecule has 0 aliphatic heterocycles. The maximum absolute atomic E-state index is 5.57. The average Bonchev–Trinajstić information content (AvgIpc) is 2.55. The third-order valence-corrected chi connectivity index (χ3v) is 3.46. The van der Waals surface area contributed by atoms with Gasteiger partial charge in [0.05, 0.1) is 0 Å². The normalized spacial score (nSPS) is 11.1. The van der Waals surface area contributed by atoms with Crippen molar-refractivity contribution in [1.29, 1.82) is 0 Å². The van der Waals surface area contributed by atoms with Crippen LogP contribution in [0.4, 0.5) is 0 Å². The van der Waals surface area contributed by atoms with Gasteiger partial charge in [-0.05, 0) is 54.8 Å². The molecule has 1 nitrogen and oxygen atoms in total. The van der Waals surface area contributed by atoms with Gasteiger partial charge < -0.3 is 5.73 Å². The van der Waals surface area contributed by atoms with Crippen LogP contribution in [0.25, 0.3) is 5.57 Å². The van der Waals surface area contributed by atoms with E-state index in [9.17, 15) is 0 Å². The third-order valence-electron chi connectivity index (χ3n) is 3.46. The van der Waals surface area contributed by atoms with Gasteiger partial charge in [0.25, 0.3) is 0 Å². The molecule has 0 atom stereocenters. The minimum absolute atomic E-state index is 0.917. The summed E-state index contributed by atoms with van der Waals surface area (Å²) >= 11 is 0. The Morgan fingerprint density at radius 1 is 1.00 bits per heavy atom. The minimum Gasteiger partial charge on any atom is -0.405 e. The lowest BCUT2D eigenvalue weighted by Gasteiger charge is -2.06. The monoisotopic (exact) mass is 291 g/mol. The molecule has 0 radical (unpaired) electrons. The number of allylic oxidation sites excluding steroid dienone is 3. The Morgan fingerprint density at radius 3 is 2.23 bits per heavy atom. The third kappa shape index (κ3) is 5.10. The number of rotatable bonds is 4. The van der Waals surface area contributed by atoms with E-state index < -0.39 is 0 Å². The standard InChI is InChI=1S/C19H21N.C2H4/c1-15-7-9-18(10-8-15)19(13-14-20)12-11-17-6-4-3-5-16(17)2;1-2/h3-10,12-14H,11,20H2,1-2H3;1-2H2/b14-13-,19-12+;. The minimum atomic E-state index is 0.917. The predicted octanol–water partition coefficient (Wildman–Crippen LogP) is 5.20. The van der Waals surface area contributed by atoms with Crippen LogP contribution < -0.4 is 5.73 Å². The summed E-state index contributed by atoms with van der Waals surface area (Å²) in [5.74, 6) is 0. The smallest absolute Gasteiger partial charge is 0.00563 e. The second kappa shape index (κ2) is 9.41. The molecule has 0 aromatic heterocycles. The average molecular weight is 291 g/mol. The van der Waals surface area contributed by atoms with E-state index in [4.69, 9.17) is 5.73 Å². The summed E-state index contributed by atoms with van der Waals surface area (Å²) in [6.07, 6.45) is 6.71. The zero-order valence-electron chi connectivity index (χ0n) is 13.5. The van der Waals surface area contributed by atoms with Gasteiger partial charge in [0.2, 0.25) is 0 Å². The number of hydrogen-bond donors (Lipinski definition) is 1. The second-order valence-corrected chi connectivity index (χ2v) is 5.02. The van der Waals surface area contributed by atoms with Crippen LogP contribution in [0, 0.1) is 13.8 Å². The molecule has 1 heteroatoms. The molecule has 0 saturated heterocycles. The Morgan fingerprint density at radius 2 is 1.64 bits per heavy atom. The molecule has 114 valence electrons. The topological polar surface area (TPSA) is 26.0 Å². The molecule has 0 fully saturated rings. The molecule has 2 aromatic rings. The van der Waals surface area contributed by atoms with E-state index in [1.54, 1.807) is 6.20 Å². The Labute approximate surface area is 134 Å². The molecule has 0 saturated carbocycles. The fourth-order valence-electron chi connectivity index (χ4n) is 2.19. The predicted molar refractivity (Wildman–Crippen MR) is 98.6 cm³/mol. The molecule has 0 spiro atoms. The van der Waals surface area contributed by atoms with Crippen LogP contribution in [-0.2, 0) is 6.42 Å². The van der Waals surface area contributed by atoms with E-state index in [1.165, 1.54) is 22.3 Å². The molecular weight excluding hydrogens is 266 g/mol. The first-order chi connectivity index (χ1) is 10.7. The maximum Gasteiger partial charge on any atom is -0.00563 e. The lowest BCUT2D eigenvalue weighted by Crippen LogP contribution is -1.89. The van der Waals surface area contributed by atoms with E-state index in [0.717, 1.165) is 12.0 Å². The number of nitrogens with two attached hydrogens (primary N) is 1. The summed E-state index contributed by atoms with van der Waals surface area (Å²) in [5.41, 5.74) is 11.9. The Kier molecular flexibility index (Phi) is 7.49. The highest BCUT2D eigenvalue weighted by molar-refractivity contribution is 5.74.